The van der Waals surface area contributed by atoms with E-state index in [1.54, 1.807) is 0 Å². The number of halogens is 3. The quantitative estimate of drug-likeness (QED) is 0.168. The van der Waals surface area contributed by atoms with Crippen LogP contribution in [0.5, 0.6) is 5.75 Å². The Bertz CT molecular complexity index is 1040. The van der Waals surface area contributed by atoms with Gasteiger partial charge in [0.2, 0.25) is 0 Å². The van der Waals surface area contributed by atoms with Crippen LogP contribution in [0, 0.1) is 0 Å². The van der Waals surface area contributed by atoms with Crippen LogP contribution in [0.3, 0.4) is 0 Å². The number of esters is 2. The zero-order chi connectivity index (χ0) is 21.8. The van der Waals surface area contributed by atoms with Crippen molar-refractivity contribution in [3.05, 3.63) is 61.5 Å². The van der Waals surface area contributed by atoms with Crippen LogP contribution in [0.2, 0.25) is 5.02 Å². The van der Waals surface area contributed by atoms with Gasteiger partial charge in [0.1, 0.15) is 10.5 Å². The maximum Gasteiger partial charge on any atom is 0.345 e. The topological polar surface area (TPSA) is 96.0 Å². The monoisotopic (exact) mass is 566 g/mol. The van der Waals surface area contributed by atoms with Crippen molar-refractivity contribution in [1.82, 2.24) is 0 Å². The second-order valence-corrected chi connectivity index (χ2v) is 9.04. The second-order valence-electron chi connectivity index (χ2n) is 5.35. The molecule has 0 atom stereocenters. The first-order valence-electron chi connectivity index (χ1n) is 7.66. The number of hydrogen-bond acceptors (Lipinski definition) is 7. The Morgan fingerprint density at radius 1 is 0.966 bits per heavy atom. The summed E-state index contributed by atoms with van der Waals surface area (Å²) in [6, 6.07) is 8.41. The Balaban J connectivity index is 2.43. The largest absolute Gasteiger partial charge is 0.465 e. The summed E-state index contributed by atoms with van der Waals surface area (Å²) in [5, 5.41) is 0.384. The molecular weight excluding hydrogens is 556 g/mol. The van der Waals surface area contributed by atoms with E-state index in [0.717, 1.165) is 14.2 Å². The molecule has 0 spiro atoms. The highest BCUT2D eigenvalue weighted by Crippen LogP contribution is 2.37. The first-order chi connectivity index (χ1) is 13.6. The molecule has 29 heavy (non-hydrogen) atoms. The molecule has 154 valence electrons. The van der Waals surface area contributed by atoms with E-state index in [4.69, 9.17) is 15.8 Å². The molecule has 0 N–H and O–H groups in total. The Morgan fingerprint density at radius 2 is 1.45 bits per heavy atom. The van der Waals surface area contributed by atoms with Crippen molar-refractivity contribution in [3.63, 3.8) is 0 Å². The lowest BCUT2D eigenvalue weighted by molar-refractivity contribution is -0.143. The van der Waals surface area contributed by atoms with Crippen molar-refractivity contribution < 1.29 is 31.7 Å². The van der Waals surface area contributed by atoms with Gasteiger partial charge in [-0.05, 0) is 79.9 Å². The summed E-state index contributed by atoms with van der Waals surface area (Å²) in [6.07, 6.45) is 1.24. The minimum absolute atomic E-state index is 0.0187. The average Bonchev–Trinajstić information content (AvgIpc) is 2.68. The van der Waals surface area contributed by atoms with E-state index in [2.05, 4.69) is 41.3 Å². The van der Waals surface area contributed by atoms with Gasteiger partial charge in [0, 0.05) is 5.02 Å². The molecule has 0 amide bonds. The van der Waals surface area contributed by atoms with Crippen molar-refractivity contribution in [1.29, 1.82) is 0 Å². The third-order valence-electron chi connectivity index (χ3n) is 3.44. The van der Waals surface area contributed by atoms with Crippen LogP contribution < -0.4 is 4.18 Å². The van der Waals surface area contributed by atoms with E-state index in [1.165, 1.54) is 42.5 Å². The molecule has 0 aliphatic rings. The Labute approximate surface area is 189 Å². The van der Waals surface area contributed by atoms with E-state index < -0.39 is 22.1 Å². The summed E-state index contributed by atoms with van der Waals surface area (Å²) in [5.41, 5.74) is 0.0436. The molecule has 0 unspecified atom stereocenters. The maximum atomic E-state index is 12.5. The van der Waals surface area contributed by atoms with Crippen molar-refractivity contribution in [3.8, 4) is 5.75 Å². The van der Waals surface area contributed by atoms with Crippen LogP contribution in [-0.4, -0.2) is 34.6 Å². The second kappa shape index (κ2) is 9.75. The van der Waals surface area contributed by atoms with E-state index in [9.17, 15) is 18.0 Å². The number of hydrogen-bond donors (Lipinski definition) is 0. The molecule has 0 saturated heterocycles. The lowest BCUT2D eigenvalue weighted by Crippen LogP contribution is -2.15. The molecule has 2 aromatic rings. The highest BCUT2D eigenvalue weighted by atomic mass is 79.9. The fourth-order valence-corrected chi connectivity index (χ4v) is 4.78. The van der Waals surface area contributed by atoms with E-state index in [1.807, 2.05) is 0 Å². The van der Waals surface area contributed by atoms with Gasteiger partial charge >= 0.3 is 22.1 Å². The zero-order valence-electron chi connectivity index (χ0n) is 14.9. The van der Waals surface area contributed by atoms with Crippen molar-refractivity contribution in [2.75, 3.05) is 14.2 Å². The molecule has 0 aliphatic carbocycles. The summed E-state index contributed by atoms with van der Waals surface area (Å²) in [4.78, 5) is 23.5. The van der Waals surface area contributed by atoms with Crippen LogP contribution in [0.15, 0.2) is 55.8 Å². The van der Waals surface area contributed by atoms with Gasteiger partial charge in [0.25, 0.3) is 0 Å². The Morgan fingerprint density at radius 3 is 1.90 bits per heavy atom. The lowest BCUT2D eigenvalue weighted by atomic mass is 10.1. The molecule has 0 aliphatic heterocycles. The molecule has 0 aromatic heterocycles. The minimum atomic E-state index is -4.13. The van der Waals surface area contributed by atoms with E-state index in [0.29, 0.717) is 10.6 Å². The van der Waals surface area contributed by atoms with Crippen LogP contribution >= 0.6 is 43.5 Å². The Kier molecular flexibility index (Phi) is 7.87. The molecule has 2 rings (SSSR count). The molecule has 11 heteroatoms. The van der Waals surface area contributed by atoms with Gasteiger partial charge in [-0.3, -0.25) is 0 Å². The highest BCUT2D eigenvalue weighted by Gasteiger charge is 2.23. The van der Waals surface area contributed by atoms with Gasteiger partial charge in [-0.15, -0.1) is 0 Å². The molecule has 2 aromatic carbocycles. The summed E-state index contributed by atoms with van der Waals surface area (Å²) in [6.45, 7) is 0. The number of benzene rings is 2. The SMILES string of the molecule is COC(=O)C(=Cc1cc(Br)c(OS(=O)(=O)c2ccc(Cl)cc2)c(Br)c1)C(=O)OC. The zero-order valence-corrected chi connectivity index (χ0v) is 19.7. The molecule has 0 saturated carbocycles. The molecule has 0 radical (unpaired) electrons. The highest BCUT2D eigenvalue weighted by molar-refractivity contribution is 9.11. The predicted molar refractivity (Wildman–Crippen MR) is 113 cm³/mol. The fourth-order valence-electron chi connectivity index (χ4n) is 2.09. The van der Waals surface area contributed by atoms with Gasteiger partial charge in [0.15, 0.2) is 5.75 Å². The van der Waals surface area contributed by atoms with Crippen molar-refractivity contribution >= 4 is 71.6 Å². The summed E-state index contributed by atoms with van der Waals surface area (Å²) < 4.78 is 39.9. The van der Waals surface area contributed by atoms with Crippen molar-refractivity contribution in [2.24, 2.45) is 0 Å². The van der Waals surface area contributed by atoms with Crippen molar-refractivity contribution in [2.45, 2.75) is 4.90 Å². The number of rotatable bonds is 6. The smallest absolute Gasteiger partial charge is 0.345 e. The van der Waals surface area contributed by atoms with Crippen LogP contribution in [-0.2, 0) is 29.2 Å². The normalized spacial score (nSPS) is 10.8. The standard InChI is InChI=1S/C18H13Br2ClO7S/c1-26-17(22)13(18(23)27-2)7-10-8-14(19)16(15(20)9-10)28-29(24,25)12-5-3-11(21)4-6-12/h3-9H,1-2H3. The van der Waals surface area contributed by atoms with Crippen LogP contribution in [0.1, 0.15) is 5.56 Å². The average molecular weight is 569 g/mol. The first kappa shape index (κ1) is 23.4. The third-order valence-corrected chi connectivity index (χ3v) is 6.10. The van der Waals surface area contributed by atoms with Gasteiger partial charge in [-0.1, -0.05) is 11.6 Å². The van der Waals surface area contributed by atoms with Gasteiger partial charge in [-0.2, -0.15) is 8.42 Å². The van der Waals surface area contributed by atoms with Gasteiger partial charge < -0.3 is 13.7 Å². The third kappa shape index (κ3) is 5.81. The minimum Gasteiger partial charge on any atom is -0.465 e. The lowest BCUT2D eigenvalue weighted by Gasteiger charge is -2.12. The fraction of sp³-hybridized carbons (Fsp3) is 0.111. The number of carbonyl (C=O) groups excluding carboxylic acids is 2. The maximum absolute atomic E-state index is 12.5. The summed E-state index contributed by atoms with van der Waals surface area (Å²) >= 11 is 12.2. The number of methoxy groups -OCH3 is 2. The van der Waals surface area contributed by atoms with Crippen LogP contribution in [0.25, 0.3) is 6.08 Å². The van der Waals surface area contributed by atoms with Gasteiger partial charge in [-0.25, -0.2) is 9.59 Å². The first-order valence-corrected chi connectivity index (χ1v) is 11.0. The van der Waals surface area contributed by atoms with Gasteiger partial charge in [0.05, 0.1) is 23.2 Å². The predicted octanol–water partition coefficient (Wildman–Crippen LogP) is 4.36. The Hall–Kier alpha value is -1.88. The molecule has 0 bridgehead atoms. The molecule has 7 nitrogen and oxygen atoms in total. The molecule has 0 fully saturated rings. The summed E-state index contributed by atoms with van der Waals surface area (Å²) in [5.74, 6) is -1.78. The summed E-state index contributed by atoms with van der Waals surface area (Å²) in [7, 11) is -1.87. The number of ether oxygens (including phenoxy) is 2. The molecule has 0 heterocycles. The number of carbonyl (C=O) groups is 2. The van der Waals surface area contributed by atoms with E-state index in [-0.39, 0.29) is 25.2 Å². The van der Waals surface area contributed by atoms with E-state index >= 15 is 0 Å². The molecular formula is C18H13Br2ClO7S. The van der Waals surface area contributed by atoms with Crippen LogP contribution in [0.4, 0.5) is 0 Å².